The van der Waals surface area contributed by atoms with E-state index in [9.17, 15) is 0 Å². The van der Waals surface area contributed by atoms with Gasteiger partial charge in [0.25, 0.3) is 0 Å². The van der Waals surface area contributed by atoms with E-state index in [4.69, 9.17) is 5.84 Å². The quantitative estimate of drug-likeness (QED) is 0.441. The molecule has 0 unspecified atom stereocenters. The lowest BCUT2D eigenvalue weighted by Gasteiger charge is -2.05. The summed E-state index contributed by atoms with van der Waals surface area (Å²) >= 11 is 0. The number of aromatic nitrogens is 2. The molecule has 2 aromatic heterocycles. The van der Waals surface area contributed by atoms with Crippen molar-refractivity contribution in [3.05, 3.63) is 66.1 Å². The largest absolute Gasteiger partial charge is 0.343 e. The lowest BCUT2D eigenvalue weighted by atomic mass is 10.2. The molecule has 3 rings (SSSR count). The minimum Gasteiger partial charge on any atom is -0.343 e. The van der Waals surface area contributed by atoms with Crippen molar-refractivity contribution in [3.8, 4) is 0 Å². The Kier molecular flexibility index (Phi) is 2.98. The molecule has 94 valence electrons. The number of hydrogen-bond donors (Lipinski definition) is 1. The van der Waals surface area contributed by atoms with Crippen LogP contribution in [0.2, 0.25) is 0 Å². The van der Waals surface area contributed by atoms with Crippen LogP contribution in [-0.2, 0) is 6.54 Å². The van der Waals surface area contributed by atoms with Gasteiger partial charge in [-0.1, -0.05) is 18.2 Å². The summed E-state index contributed by atoms with van der Waals surface area (Å²) in [5, 5.41) is 4.77. The van der Waals surface area contributed by atoms with Crippen molar-refractivity contribution in [3.63, 3.8) is 0 Å². The molecule has 0 aliphatic carbocycles. The molecule has 19 heavy (non-hydrogen) atoms. The first kappa shape index (κ1) is 11.5. The highest BCUT2D eigenvalue weighted by molar-refractivity contribution is 5.89. The van der Waals surface area contributed by atoms with Gasteiger partial charge >= 0.3 is 0 Å². The first-order valence-corrected chi connectivity index (χ1v) is 6.08. The monoisotopic (exact) mass is 250 g/mol. The third kappa shape index (κ3) is 2.33. The van der Waals surface area contributed by atoms with Crippen LogP contribution in [-0.4, -0.2) is 15.8 Å². The predicted octanol–water partition coefficient (Wildman–Crippen LogP) is 2.38. The Morgan fingerprint density at radius 3 is 3.00 bits per heavy atom. The van der Waals surface area contributed by atoms with E-state index >= 15 is 0 Å². The maximum Gasteiger partial charge on any atom is 0.0538 e. The molecule has 0 fully saturated rings. The van der Waals surface area contributed by atoms with Crippen molar-refractivity contribution in [1.82, 2.24) is 9.55 Å². The van der Waals surface area contributed by atoms with E-state index in [1.165, 1.54) is 16.5 Å². The number of nitrogens with two attached hydrogens (primary N) is 1. The molecule has 0 aliphatic heterocycles. The molecular formula is C15H14N4. The lowest BCUT2D eigenvalue weighted by Crippen LogP contribution is -1.98. The third-order valence-corrected chi connectivity index (χ3v) is 3.10. The van der Waals surface area contributed by atoms with Crippen LogP contribution in [0.25, 0.3) is 10.9 Å². The third-order valence-electron chi connectivity index (χ3n) is 3.10. The summed E-state index contributed by atoms with van der Waals surface area (Å²) in [5.74, 6) is 5.20. The predicted molar refractivity (Wildman–Crippen MR) is 77.1 cm³/mol. The first-order chi connectivity index (χ1) is 9.36. The van der Waals surface area contributed by atoms with Crippen LogP contribution in [0.4, 0.5) is 0 Å². The Hall–Kier alpha value is -2.62. The summed E-state index contributed by atoms with van der Waals surface area (Å²) in [5.41, 5.74) is 3.35. The van der Waals surface area contributed by atoms with Crippen molar-refractivity contribution in [2.45, 2.75) is 6.54 Å². The number of fused-ring (bicyclic) bond motifs is 1. The van der Waals surface area contributed by atoms with Crippen molar-refractivity contribution in [1.29, 1.82) is 0 Å². The number of benzene rings is 1. The average Bonchev–Trinajstić information content (AvgIpc) is 2.83. The maximum atomic E-state index is 5.20. The molecule has 0 atom stereocenters. The van der Waals surface area contributed by atoms with Crippen LogP contribution in [0.3, 0.4) is 0 Å². The Bertz CT molecular complexity index is 713. The summed E-state index contributed by atoms with van der Waals surface area (Å²) in [4.78, 5) is 4.14. The van der Waals surface area contributed by atoms with Crippen LogP contribution in [0.5, 0.6) is 0 Å². The van der Waals surface area contributed by atoms with Crippen LogP contribution in [0.1, 0.15) is 11.1 Å². The SMILES string of the molecule is NN=Cc1ccc2ccn(Cc3cccnc3)c2c1. The second kappa shape index (κ2) is 4.94. The van der Waals surface area contributed by atoms with E-state index in [0.29, 0.717) is 0 Å². The Morgan fingerprint density at radius 1 is 1.26 bits per heavy atom. The first-order valence-electron chi connectivity index (χ1n) is 6.08. The average molecular weight is 250 g/mol. The van der Waals surface area contributed by atoms with Crippen molar-refractivity contribution >= 4 is 17.1 Å². The summed E-state index contributed by atoms with van der Waals surface area (Å²) in [7, 11) is 0. The van der Waals surface area contributed by atoms with E-state index in [2.05, 4.69) is 45.1 Å². The fourth-order valence-corrected chi connectivity index (χ4v) is 2.19. The smallest absolute Gasteiger partial charge is 0.0538 e. The molecule has 1 aromatic carbocycles. The molecule has 3 aromatic rings. The van der Waals surface area contributed by atoms with Crippen LogP contribution in [0, 0.1) is 0 Å². The van der Waals surface area contributed by atoms with Gasteiger partial charge in [0.05, 0.1) is 6.21 Å². The number of nitrogens with zero attached hydrogens (tertiary/aromatic N) is 3. The molecule has 0 spiro atoms. The topological polar surface area (TPSA) is 56.2 Å². The molecule has 0 saturated carbocycles. The highest BCUT2D eigenvalue weighted by atomic mass is 15.1. The normalized spacial score (nSPS) is 11.4. The van der Waals surface area contributed by atoms with Gasteiger partial charge in [0, 0.05) is 30.7 Å². The molecule has 0 amide bonds. The molecule has 2 N–H and O–H groups in total. The Balaban J connectivity index is 2.01. The number of rotatable bonds is 3. The lowest BCUT2D eigenvalue weighted by molar-refractivity contribution is 0.831. The minimum absolute atomic E-state index is 0.806. The maximum absolute atomic E-state index is 5.20. The zero-order valence-corrected chi connectivity index (χ0v) is 10.4. The molecule has 0 radical (unpaired) electrons. The highest BCUT2D eigenvalue weighted by Crippen LogP contribution is 2.18. The molecule has 0 bridgehead atoms. The summed E-state index contributed by atoms with van der Waals surface area (Å²) in [6, 6.07) is 12.3. The van der Waals surface area contributed by atoms with Crippen LogP contribution >= 0.6 is 0 Å². The van der Waals surface area contributed by atoms with E-state index in [1.807, 2.05) is 18.3 Å². The minimum atomic E-state index is 0.806. The number of hydrogen-bond acceptors (Lipinski definition) is 3. The van der Waals surface area contributed by atoms with E-state index in [1.54, 1.807) is 12.4 Å². The summed E-state index contributed by atoms with van der Waals surface area (Å²) in [6.45, 7) is 0.806. The standard InChI is InChI=1S/C15H14N4/c16-18-10-12-3-4-14-5-7-19(15(14)8-12)11-13-2-1-6-17-9-13/h1-10H,11,16H2. The molecule has 0 aliphatic rings. The van der Waals surface area contributed by atoms with Crippen LogP contribution in [0.15, 0.2) is 60.1 Å². The van der Waals surface area contributed by atoms with Gasteiger partial charge in [0.15, 0.2) is 0 Å². The molecule has 4 heteroatoms. The molecule has 0 saturated heterocycles. The highest BCUT2D eigenvalue weighted by Gasteiger charge is 2.02. The second-order valence-corrected chi connectivity index (χ2v) is 4.40. The molecule has 4 nitrogen and oxygen atoms in total. The van der Waals surface area contributed by atoms with Crippen molar-refractivity contribution in [2.75, 3.05) is 0 Å². The Morgan fingerprint density at radius 2 is 2.21 bits per heavy atom. The summed E-state index contributed by atoms with van der Waals surface area (Å²) < 4.78 is 2.19. The fraction of sp³-hybridized carbons (Fsp3) is 0.0667. The Labute approximate surface area is 111 Å². The molecular weight excluding hydrogens is 236 g/mol. The van der Waals surface area contributed by atoms with Gasteiger partial charge in [-0.25, -0.2) is 0 Å². The van der Waals surface area contributed by atoms with Gasteiger partial charge < -0.3 is 10.4 Å². The number of hydrazone groups is 1. The van der Waals surface area contributed by atoms with E-state index in [0.717, 1.165) is 12.1 Å². The van der Waals surface area contributed by atoms with Gasteiger partial charge in [-0.05, 0) is 34.7 Å². The van der Waals surface area contributed by atoms with Gasteiger partial charge in [-0.15, -0.1) is 0 Å². The fourth-order valence-electron chi connectivity index (χ4n) is 2.19. The van der Waals surface area contributed by atoms with Gasteiger partial charge in [-0.2, -0.15) is 5.10 Å². The van der Waals surface area contributed by atoms with Gasteiger partial charge in [-0.3, -0.25) is 4.98 Å². The van der Waals surface area contributed by atoms with Gasteiger partial charge in [0.1, 0.15) is 0 Å². The van der Waals surface area contributed by atoms with E-state index < -0.39 is 0 Å². The zero-order chi connectivity index (χ0) is 13.1. The van der Waals surface area contributed by atoms with Crippen molar-refractivity contribution in [2.24, 2.45) is 10.9 Å². The molecule has 2 heterocycles. The van der Waals surface area contributed by atoms with Crippen LogP contribution < -0.4 is 5.84 Å². The van der Waals surface area contributed by atoms with Crippen molar-refractivity contribution < 1.29 is 0 Å². The van der Waals surface area contributed by atoms with E-state index in [-0.39, 0.29) is 0 Å². The second-order valence-electron chi connectivity index (χ2n) is 4.40. The summed E-state index contributed by atoms with van der Waals surface area (Å²) in [6.07, 6.45) is 7.41. The zero-order valence-electron chi connectivity index (χ0n) is 10.4. The number of pyridine rings is 1. The van der Waals surface area contributed by atoms with Gasteiger partial charge in [0.2, 0.25) is 0 Å².